The summed E-state index contributed by atoms with van der Waals surface area (Å²) in [7, 11) is 0. The van der Waals surface area contributed by atoms with E-state index in [9.17, 15) is 4.79 Å². The maximum absolute atomic E-state index is 12.4. The average molecular weight is 322 g/mol. The summed E-state index contributed by atoms with van der Waals surface area (Å²) in [5.74, 6) is 0.939. The van der Waals surface area contributed by atoms with E-state index in [0.717, 1.165) is 5.76 Å². The lowest BCUT2D eigenvalue weighted by atomic mass is 10.3. The highest BCUT2D eigenvalue weighted by Crippen LogP contribution is 2.23. The van der Waals surface area contributed by atoms with Gasteiger partial charge in [-0.1, -0.05) is 11.8 Å². The van der Waals surface area contributed by atoms with Crippen LogP contribution in [0.15, 0.2) is 34.3 Å². The molecule has 2 aromatic heterocycles. The van der Waals surface area contributed by atoms with Gasteiger partial charge in [-0.05, 0) is 19.1 Å². The first-order valence-corrected chi connectivity index (χ1v) is 8.05. The average Bonchev–Trinajstić information content (AvgIpc) is 3.20. The first kappa shape index (κ1) is 15.1. The molecule has 0 aromatic carbocycles. The van der Waals surface area contributed by atoms with Crippen LogP contribution in [-0.2, 0) is 16.1 Å². The predicted octanol–water partition coefficient (Wildman–Crippen LogP) is 1.26. The van der Waals surface area contributed by atoms with Gasteiger partial charge in [0, 0.05) is 13.1 Å². The van der Waals surface area contributed by atoms with Gasteiger partial charge in [0.25, 0.3) is 0 Å². The molecule has 1 fully saturated rings. The van der Waals surface area contributed by atoms with Crippen LogP contribution in [0, 0.1) is 0 Å². The van der Waals surface area contributed by atoms with Crippen LogP contribution in [-0.4, -0.2) is 57.1 Å². The third-order valence-corrected chi connectivity index (χ3v) is 4.52. The summed E-state index contributed by atoms with van der Waals surface area (Å²) in [5, 5.41) is 8.54. The number of furan rings is 1. The van der Waals surface area contributed by atoms with E-state index in [2.05, 4.69) is 10.2 Å². The molecule has 0 aliphatic carbocycles. The lowest BCUT2D eigenvalue weighted by Crippen LogP contribution is -2.44. The largest absolute Gasteiger partial charge is 0.467 e. The van der Waals surface area contributed by atoms with Gasteiger partial charge in [-0.3, -0.25) is 4.79 Å². The van der Waals surface area contributed by atoms with Crippen molar-refractivity contribution >= 4 is 17.7 Å². The molecule has 0 radical (unpaired) electrons. The lowest BCUT2D eigenvalue weighted by molar-refractivity contribution is -0.134. The second-order valence-electron chi connectivity index (χ2n) is 5.02. The van der Waals surface area contributed by atoms with Gasteiger partial charge in [-0.25, -0.2) is 0 Å². The van der Waals surface area contributed by atoms with Crippen LogP contribution < -0.4 is 0 Å². The summed E-state index contributed by atoms with van der Waals surface area (Å²) < 4.78 is 12.5. The summed E-state index contributed by atoms with van der Waals surface area (Å²) in [4.78, 5) is 14.3. The van der Waals surface area contributed by atoms with Gasteiger partial charge in [0.2, 0.25) is 5.91 Å². The van der Waals surface area contributed by atoms with Crippen LogP contribution in [0.25, 0.3) is 0 Å². The van der Waals surface area contributed by atoms with Crippen molar-refractivity contribution in [3.8, 4) is 0 Å². The zero-order valence-corrected chi connectivity index (χ0v) is 13.2. The number of hydrogen-bond donors (Lipinski definition) is 0. The molecule has 8 heteroatoms. The Morgan fingerprint density at radius 2 is 2.27 bits per heavy atom. The number of amides is 1. The highest BCUT2D eigenvalue weighted by atomic mass is 32.2. The van der Waals surface area contributed by atoms with Crippen molar-refractivity contribution in [2.75, 3.05) is 26.3 Å². The summed E-state index contributed by atoms with van der Waals surface area (Å²) >= 11 is 1.42. The van der Waals surface area contributed by atoms with Gasteiger partial charge < -0.3 is 18.6 Å². The zero-order chi connectivity index (χ0) is 15.4. The van der Waals surface area contributed by atoms with Crippen molar-refractivity contribution in [1.82, 2.24) is 19.7 Å². The number of hydrogen-bond acceptors (Lipinski definition) is 6. The van der Waals surface area contributed by atoms with Crippen molar-refractivity contribution in [2.24, 2.45) is 0 Å². The molecule has 3 heterocycles. The fourth-order valence-corrected chi connectivity index (χ4v) is 3.17. The maximum atomic E-state index is 12.4. The number of thioether (sulfide) groups is 1. The normalized spacial score (nSPS) is 16.7. The summed E-state index contributed by atoms with van der Waals surface area (Å²) in [5.41, 5.74) is 0. The van der Waals surface area contributed by atoms with Crippen LogP contribution in [0.2, 0.25) is 0 Å². The topological polar surface area (TPSA) is 73.4 Å². The summed E-state index contributed by atoms with van der Waals surface area (Å²) in [6, 6.07) is 3.74. The molecule has 1 aliphatic heterocycles. The Labute approximate surface area is 132 Å². The Kier molecular flexibility index (Phi) is 4.79. The summed E-state index contributed by atoms with van der Waals surface area (Å²) in [6.45, 7) is 4.98. The number of carbonyl (C=O) groups excluding carboxylic acids is 1. The fraction of sp³-hybridized carbons (Fsp3) is 0.500. The minimum atomic E-state index is -0.211. The second kappa shape index (κ2) is 6.97. The van der Waals surface area contributed by atoms with E-state index in [1.54, 1.807) is 12.6 Å². The lowest BCUT2D eigenvalue weighted by Gasteiger charge is -2.28. The van der Waals surface area contributed by atoms with Crippen molar-refractivity contribution < 1.29 is 13.9 Å². The SMILES string of the molecule is C[C@@H](Sc1nncn1Cc1ccco1)C(=O)N1CCOCC1. The Balaban J connectivity index is 1.62. The Morgan fingerprint density at radius 1 is 1.45 bits per heavy atom. The molecular formula is C14H18N4O3S. The van der Waals surface area contributed by atoms with Gasteiger partial charge in [0.15, 0.2) is 5.16 Å². The first-order chi connectivity index (χ1) is 10.7. The zero-order valence-electron chi connectivity index (χ0n) is 12.3. The molecule has 0 unspecified atom stereocenters. The number of carbonyl (C=O) groups is 1. The molecule has 1 saturated heterocycles. The monoisotopic (exact) mass is 322 g/mol. The van der Waals surface area contributed by atoms with E-state index < -0.39 is 0 Å². The number of morpholine rings is 1. The number of ether oxygens (including phenoxy) is 1. The van der Waals surface area contributed by atoms with Gasteiger partial charge in [-0.15, -0.1) is 10.2 Å². The molecule has 1 atom stereocenters. The minimum Gasteiger partial charge on any atom is -0.467 e. The van der Waals surface area contributed by atoms with Crippen LogP contribution in [0.3, 0.4) is 0 Å². The molecule has 1 aliphatic rings. The molecule has 1 amide bonds. The molecule has 0 N–H and O–H groups in total. The fourth-order valence-electron chi connectivity index (χ4n) is 2.26. The van der Waals surface area contributed by atoms with Crippen molar-refractivity contribution in [3.05, 3.63) is 30.5 Å². The van der Waals surface area contributed by atoms with Crippen LogP contribution in [0.5, 0.6) is 0 Å². The van der Waals surface area contributed by atoms with Gasteiger partial charge >= 0.3 is 0 Å². The molecule has 2 aromatic rings. The number of rotatable bonds is 5. The first-order valence-electron chi connectivity index (χ1n) is 7.17. The van der Waals surface area contributed by atoms with E-state index in [-0.39, 0.29) is 11.2 Å². The molecule has 0 spiro atoms. The Bertz CT molecular complexity index is 607. The van der Waals surface area contributed by atoms with E-state index >= 15 is 0 Å². The van der Waals surface area contributed by atoms with E-state index in [1.807, 2.05) is 28.5 Å². The molecule has 0 bridgehead atoms. The van der Waals surface area contributed by atoms with Crippen molar-refractivity contribution in [3.63, 3.8) is 0 Å². The van der Waals surface area contributed by atoms with Crippen molar-refractivity contribution in [2.45, 2.75) is 23.9 Å². The smallest absolute Gasteiger partial charge is 0.236 e. The van der Waals surface area contributed by atoms with E-state index in [0.29, 0.717) is 38.0 Å². The van der Waals surface area contributed by atoms with Gasteiger partial charge in [0.1, 0.15) is 12.1 Å². The van der Waals surface area contributed by atoms with Gasteiger partial charge in [0.05, 0.1) is 31.3 Å². The van der Waals surface area contributed by atoms with Gasteiger partial charge in [-0.2, -0.15) is 0 Å². The second-order valence-corrected chi connectivity index (χ2v) is 6.33. The molecule has 118 valence electrons. The molecule has 0 saturated carbocycles. The Morgan fingerprint density at radius 3 is 3.00 bits per heavy atom. The molecule has 7 nitrogen and oxygen atoms in total. The standard InChI is InChI=1S/C14H18N4O3S/c1-11(13(19)17-4-7-20-8-5-17)22-14-16-15-10-18(14)9-12-3-2-6-21-12/h2-3,6,10-11H,4-5,7-9H2,1H3/t11-/m1/s1. The van der Waals surface area contributed by atoms with E-state index in [1.165, 1.54) is 11.8 Å². The third kappa shape index (κ3) is 3.50. The van der Waals surface area contributed by atoms with Crippen LogP contribution in [0.4, 0.5) is 0 Å². The quantitative estimate of drug-likeness (QED) is 0.772. The Hall–Kier alpha value is -1.80. The number of aromatic nitrogens is 3. The maximum Gasteiger partial charge on any atom is 0.236 e. The summed E-state index contributed by atoms with van der Waals surface area (Å²) in [6.07, 6.45) is 3.29. The highest BCUT2D eigenvalue weighted by molar-refractivity contribution is 8.00. The predicted molar refractivity (Wildman–Crippen MR) is 80.6 cm³/mol. The molecule has 3 rings (SSSR count). The van der Waals surface area contributed by atoms with Crippen LogP contribution in [0.1, 0.15) is 12.7 Å². The third-order valence-electron chi connectivity index (χ3n) is 3.44. The highest BCUT2D eigenvalue weighted by Gasteiger charge is 2.24. The van der Waals surface area contributed by atoms with E-state index in [4.69, 9.17) is 9.15 Å². The molecular weight excluding hydrogens is 304 g/mol. The minimum absolute atomic E-state index is 0.112. The molecule has 22 heavy (non-hydrogen) atoms. The van der Waals surface area contributed by atoms with Crippen LogP contribution >= 0.6 is 11.8 Å². The van der Waals surface area contributed by atoms with Crippen molar-refractivity contribution in [1.29, 1.82) is 0 Å². The number of nitrogens with zero attached hydrogens (tertiary/aromatic N) is 4.